The molecule has 0 spiro atoms. The molecule has 2 aromatic carbocycles. The molecule has 0 aliphatic carbocycles. The number of carbonyl (C=O) groups excluding carboxylic acids is 2. The first-order valence-electron chi connectivity index (χ1n) is 9.52. The van der Waals surface area contributed by atoms with Crippen LogP contribution in [0.4, 0.5) is 10.8 Å². The third-order valence-electron chi connectivity index (χ3n) is 4.63. The number of nitro benzene ring substituents is 1. The number of methoxy groups -OCH3 is 1. The molecule has 0 unspecified atom stereocenters. The maximum absolute atomic E-state index is 12.2. The minimum Gasteiger partial charge on any atom is -0.490 e. The summed E-state index contributed by atoms with van der Waals surface area (Å²) in [6, 6.07) is 7.80. The SMILES string of the molecule is COc1ccc(C(=O)OCC(=O)Nc2nc(-c3c(C)cc(C)cc3C)cs2)cc1[N+](=O)[O-]. The predicted octanol–water partition coefficient (Wildman–Crippen LogP) is 4.45. The molecule has 1 amide bonds. The lowest BCUT2D eigenvalue weighted by Crippen LogP contribution is -2.21. The van der Waals surface area contributed by atoms with E-state index in [0.717, 1.165) is 34.0 Å². The second-order valence-corrected chi connectivity index (χ2v) is 7.94. The first kappa shape index (κ1) is 22.9. The first-order valence-corrected chi connectivity index (χ1v) is 10.4. The van der Waals surface area contributed by atoms with E-state index in [-0.39, 0.29) is 17.0 Å². The molecule has 0 radical (unpaired) electrons. The Bertz CT molecular complexity index is 1180. The van der Waals surface area contributed by atoms with Crippen molar-refractivity contribution in [1.82, 2.24) is 4.98 Å². The van der Waals surface area contributed by atoms with Crippen molar-refractivity contribution in [2.45, 2.75) is 20.8 Å². The van der Waals surface area contributed by atoms with Crippen molar-refractivity contribution in [1.29, 1.82) is 0 Å². The van der Waals surface area contributed by atoms with Gasteiger partial charge in [0.1, 0.15) is 0 Å². The number of amides is 1. The zero-order valence-corrected chi connectivity index (χ0v) is 18.7. The third kappa shape index (κ3) is 5.09. The standard InChI is InChI=1S/C22H21N3O6S/c1-12-7-13(2)20(14(3)8-12)16-11-32-22(23-16)24-19(26)10-31-21(27)15-5-6-18(30-4)17(9-15)25(28)29/h5-9,11H,10H2,1-4H3,(H,23,24,26). The van der Waals surface area contributed by atoms with E-state index >= 15 is 0 Å². The molecule has 3 rings (SSSR count). The van der Waals surface area contributed by atoms with E-state index in [0.29, 0.717) is 5.13 Å². The molecule has 0 aliphatic rings. The Morgan fingerprint density at radius 1 is 1.16 bits per heavy atom. The normalized spacial score (nSPS) is 10.5. The molecule has 1 aromatic heterocycles. The Morgan fingerprint density at radius 3 is 2.47 bits per heavy atom. The fourth-order valence-corrected chi connectivity index (χ4v) is 4.08. The predicted molar refractivity (Wildman–Crippen MR) is 120 cm³/mol. The highest BCUT2D eigenvalue weighted by atomic mass is 32.1. The quantitative estimate of drug-likeness (QED) is 0.317. The monoisotopic (exact) mass is 455 g/mol. The highest BCUT2D eigenvalue weighted by molar-refractivity contribution is 7.14. The maximum atomic E-state index is 12.2. The van der Waals surface area contributed by atoms with Crippen LogP contribution >= 0.6 is 11.3 Å². The molecule has 0 saturated carbocycles. The Labute approximate surface area is 188 Å². The van der Waals surface area contributed by atoms with Gasteiger partial charge in [-0.1, -0.05) is 17.7 Å². The number of nitro groups is 1. The van der Waals surface area contributed by atoms with Gasteiger partial charge in [0.05, 0.1) is 23.3 Å². The number of nitrogens with zero attached hydrogens (tertiary/aromatic N) is 2. The summed E-state index contributed by atoms with van der Waals surface area (Å²) in [4.78, 5) is 39.3. The van der Waals surface area contributed by atoms with Crippen LogP contribution in [0, 0.1) is 30.9 Å². The van der Waals surface area contributed by atoms with Gasteiger partial charge in [-0.25, -0.2) is 9.78 Å². The van der Waals surface area contributed by atoms with Crippen LogP contribution < -0.4 is 10.1 Å². The van der Waals surface area contributed by atoms with Crippen LogP contribution in [0.25, 0.3) is 11.3 Å². The Hall–Kier alpha value is -3.79. The molecule has 1 N–H and O–H groups in total. The zero-order chi connectivity index (χ0) is 23.4. The lowest BCUT2D eigenvalue weighted by Gasteiger charge is -2.09. The van der Waals surface area contributed by atoms with E-state index in [1.165, 1.54) is 30.6 Å². The number of thiazole rings is 1. The molecule has 0 bridgehead atoms. The maximum Gasteiger partial charge on any atom is 0.338 e. The average molecular weight is 455 g/mol. The summed E-state index contributed by atoms with van der Waals surface area (Å²) in [5, 5.41) is 15.9. The molecule has 10 heteroatoms. The fraction of sp³-hybridized carbons (Fsp3) is 0.227. The number of esters is 1. The van der Waals surface area contributed by atoms with E-state index in [9.17, 15) is 19.7 Å². The van der Waals surface area contributed by atoms with Crippen LogP contribution in [-0.4, -0.2) is 35.5 Å². The van der Waals surface area contributed by atoms with Gasteiger partial charge in [0.2, 0.25) is 0 Å². The van der Waals surface area contributed by atoms with Crippen molar-refractivity contribution >= 4 is 34.0 Å². The number of anilines is 1. The number of carbonyl (C=O) groups is 2. The van der Waals surface area contributed by atoms with Crippen molar-refractivity contribution in [3.8, 4) is 17.0 Å². The van der Waals surface area contributed by atoms with Gasteiger partial charge in [-0.05, 0) is 44.0 Å². The summed E-state index contributed by atoms with van der Waals surface area (Å²) in [6.45, 7) is 5.49. The van der Waals surface area contributed by atoms with Crippen molar-refractivity contribution < 1.29 is 24.0 Å². The second kappa shape index (κ2) is 9.56. The van der Waals surface area contributed by atoms with Crippen LogP contribution in [0.3, 0.4) is 0 Å². The van der Waals surface area contributed by atoms with Gasteiger partial charge in [-0.15, -0.1) is 11.3 Å². The van der Waals surface area contributed by atoms with Gasteiger partial charge in [0, 0.05) is 17.0 Å². The van der Waals surface area contributed by atoms with Crippen LogP contribution in [-0.2, 0) is 9.53 Å². The van der Waals surface area contributed by atoms with Gasteiger partial charge < -0.3 is 9.47 Å². The molecular weight excluding hydrogens is 434 g/mol. The summed E-state index contributed by atoms with van der Waals surface area (Å²) in [7, 11) is 1.29. The first-order chi connectivity index (χ1) is 15.2. The van der Waals surface area contributed by atoms with Gasteiger partial charge in [0.25, 0.3) is 5.91 Å². The fourth-order valence-electron chi connectivity index (χ4n) is 3.36. The largest absolute Gasteiger partial charge is 0.490 e. The van der Waals surface area contributed by atoms with Gasteiger partial charge >= 0.3 is 11.7 Å². The number of hydrogen-bond donors (Lipinski definition) is 1. The highest BCUT2D eigenvalue weighted by Crippen LogP contribution is 2.31. The summed E-state index contributed by atoms with van der Waals surface area (Å²) in [5.74, 6) is -1.42. The van der Waals surface area contributed by atoms with Gasteiger partial charge in [-0.3, -0.25) is 20.2 Å². The van der Waals surface area contributed by atoms with Crippen LogP contribution in [0.1, 0.15) is 27.0 Å². The molecule has 0 fully saturated rings. The van der Waals surface area contributed by atoms with Crippen molar-refractivity contribution in [3.63, 3.8) is 0 Å². The molecule has 0 atom stereocenters. The Kier molecular flexibility index (Phi) is 6.84. The van der Waals surface area contributed by atoms with E-state index < -0.39 is 23.4 Å². The minimum absolute atomic E-state index is 0.0166. The molecule has 9 nitrogen and oxygen atoms in total. The lowest BCUT2D eigenvalue weighted by atomic mass is 9.98. The van der Waals surface area contributed by atoms with Crippen LogP contribution in [0.2, 0.25) is 0 Å². The average Bonchev–Trinajstić information content (AvgIpc) is 3.18. The lowest BCUT2D eigenvalue weighted by molar-refractivity contribution is -0.385. The van der Waals surface area contributed by atoms with E-state index in [1.807, 2.05) is 26.2 Å². The second-order valence-electron chi connectivity index (χ2n) is 7.08. The topological polar surface area (TPSA) is 121 Å². The number of aromatic nitrogens is 1. The van der Waals surface area contributed by atoms with E-state index in [4.69, 9.17) is 9.47 Å². The number of hydrogen-bond acceptors (Lipinski definition) is 8. The van der Waals surface area contributed by atoms with Crippen molar-refractivity contribution in [3.05, 3.63) is 68.1 Å². The summed E-state index contributed by atoms with van der Waals surface area (Å²) in [6.07, 6.45) is 0. The van der Waals surface area contributed by atoms with Crippen LogP contribution in [0.15, 0.2) is 35.7 Å². The minimum atomic E-state index is -0.864. The molecule has 166 valence electrons. The highest BCUT2D eigenvalue weighted by Gasteiger charge is 2.20. The Morgan fingerprint density at radius 2 is 1.84 bits per heavy atom. The number of rotatable bonds is 7. The molecule has 0 saturated heterocycles. The molecular formula is C22H21N3O6S. The van der Waals surface area contributed by atoms with Crippen molar-refractivity contribution in [2.24, 2.45) is 0 Å². The van der Waals surface area contributed by atoms with E-state index in [2.05, 4.69) is 22.4 Å². The number of ether oxygens (including phenoxy) is 2. The molecule has 0 aliphatic heterocycles. The third-order valence-corrected chi connectivity index (χ3v) is 5.39. The van der Waals surface area contributed by atoms with E-state index in [1.54, 1.807) is 0 Å². The number of benzene rings is 2. The summed E-state index contributed by atoms with van der Waals surface area (Å²) < 4.78 is 9.87. The number of aryl methyl sites for hydroxylation is 3. The number of nitrogens with one attached hydrogen (secondary N) is 1. The smallest absolute Gasteiger partial charge is 0.338 e. The zero-order valence-electron chi connectivity index (χ0n) is 17.9. The van der Waals surface area contributed by atoms with Crippen LogP contribution in [0.5, 0.6) is 5.75 Å². The summed E-state index contributed by atoms with van der Waals surface area (Å²) >= 11 is 1.26. The molecule has 1 heterocycles. The van der Waals surface area contributed by atoms with Crippen molar-refractivity contribution in [2.75, 3.05) is 19.0 Å². The Balaban J connectivity index is 1.63. The molecule has 32 heavy (non-hydrogen) atoms. The van der Waals surface area contributed by atoms with Gasteiger partial charge in [0.15, 0.2) is 17.5 Å². The molecule has 3 aromatic rings. The van der Waals surface area contributed by atoms with Gasteiger partial charge in [-0.2, -0.15) is 0 Å². The summed E-state index contributed by atoms with van der Waals surface area (Å²) in [5.41, 5.74) is 4.68.